The molecule has 35 heavy (non-hydrogen) atoms. The van der Waals surface area contributed by atoms with Crippen LogP contribution in [-0.4, -0.2) is 47.4 Å². The van der Waals surface area contributed by atoms with E-state index in [-0.39, 0.29) is 10.6 Å². The van der Waals surface area contributed by atoms with Gasteiger partial charge in [0.15, 0.2) is 11.5 Å². The molecule has 0 aromatic heterocycles. The molecule has 3 aromatic carbocycles. The van der Waals surface area contributed by atoms with Crippen molar-refractivity contribution in [3.8, 4) is 17.2 Å². The largest absolute Gasteiger partial charge is 0.497 e. The van der Waals surface area contributed by atoms with Gasteiger partial charge in [-0.3, -0.25) is 9.10 Å². The van der Waals surface area contributed by atoms with Crippen LogP contribution in [0.5, 0.6) is 17.2 Å². The molecule has 0 radical (unpaired) electrons. The maximum absolute atomic E-state index is 13.5. The van der Waals surface area contributed by atoms with Crippen molar-refractivity contribution in [2.45, 2.75) is 11.8 Å². The first-order chi connectivity index (χ1) is 16.9. The van der Waals surface area contributed by atoms with Crippen LogP contribution < -0.4 is 23.9 Å². The molecular weight excluding hydrogens is 470 g/mol. The average molecular weight is 496 g/mol. The number of methoxy groups -OCH3 is 1. The zero-order chi connectivity index (χ0) is 24.8. The Balaban J connectivity index is 1.57. The molecule has 1 amide bonds. The average Bonchev–Trinajstić information content (AvgIpc) is 2.87. The zero-order valence-corrected chi connectivity index (χ0v) is 20.1. The van der Waals surface area contributed by atoms with Gasteiger partial charge in [-0.2, -0.15) is 5.10 Å². The van der Waals surface area contributed by atoms with Gasteiger partial charge >= 0.3 is 0 Å². The molecule has 182 valence electrons. The van der Waals surface area contributed by atoms with Crippen molar-refractivity contribution in [2.75, 3.05) is 31.2 Å². The minimum absolute atomic E-state index is 0.0651. The topological polar surface area (TPSA) is 107 Å². The Morgan fingerprint density at radius 1 is 1.09 bits per heavy atom. The Morgan fingerprint density at radius 2 is 1.83 bits per heavy atom. The number of aryl methyl sites for hydroxylation is 1. The van der Waals surface area contributed by atoms with Crippen molar-refractivity contribution < 1.29 is 27.4 Å². The fourth-order valence-corrected chi connectivity index (χ4v) is 4.87. The Bertz CT molecular complexity index is 1340. The number of anilines is 1. The number of hydrogen-bond acceptors (Lipinski definition) is 7. The smallest absolute Gasteiger partial charge is 0.264 e. The second-order valence-electron chi connectivity index (χ2n) is 7.69. The van der Waals surface area contributed by atoms with Crippen molar-refractivity contribution in [1.29, 1.82) is 0 Å². The van der Waals surface area contributed by atoms with Gasteiger partial charge in [-0.15, -0.1) is 0 Å². The molecule has 0 bridgehead atoms. The summed E-state index contributed by atoms with van der Waals surface area (Å²) < 4.78 is 44.4. The van der Waals surface area contributed by atoms with Crippen LogP contribution >= 0.6 is 0 Å². The van der Waals surface area contributed by atoms with Gasteiger partial charge in [0.05, 0.1) is 23.9 Å². The van der Waals surface area contributed by atoms with Crippen LogP contribution in [0.15, 0.2) is 76.7 Å². The Kier molecular flexibility index (Phi) is 7.21. The number of carbonyl (C=O) groups is 1. The minimum Gasteiger partial charge on any atom is -0.497 e. The van der Waals surface area contributed by atoms with Gasteiger partial charge in [0.2, 0.25) is 0 Å². The van der Waals surface area contributed by atoms with Crippen LogP contribution in [0.2, 0.25) is 0 Å². The summed E-state index contributed by atoms with van der Waals surface area (Å²) in [7, 11) is -2.57. The summed E-state index contributed by atoms with van der Waals surface area (Å²) in [6.45, 7) is 2.24. The molecule has 10 heteroatoms. The van der Waals surface area contributed by atoms with E-state index < -0.39 is 22.5 Å². The van der Waals surface area contributed by atoms with Crippen molar-refractivity contribution in [2.24, 2.45) is 5.10 Å². The van der Waals surface area contributed by atoms with Gasteiger partial charge in [-0.1, -0.05) is 29.8 Å². The lowest BCUT2D eigenvalue weighted by atomic mass is 10.2. The molecule has 0 spiro atoms. The maximum Gasteiger partial charge on any atom is 0.264 e. The van der Waals surface area contributed by atoms with E-state index in [9.17, 15) is 13.2 Å². The molecule has 9 nitrogen and oxygen atoms in total. The fraction of sp³-hybridized carbons (Fsp3) is 0.200. The summed E-state index contributed by atoms with van der Waals surface area (Å²) in [5, 5.41) is 3.99. The lowest BCUT2D eigenvalue weighted by Gasteiger charge is -2.24. The van der Waals surface area contributed by atoms with Crippen LogP contribution in [0, 0.1) is 6.92 Å². The fourth-order valence-electron chi connectivity index (χ4n) is 3.46. The number of rotatable bonds is 8. The monoisotopic (exact) mass is 495 g/mol. The van der Waals surface area contributed by atoms with E-state index in [1.165, 1.54) is 25.5 Å². The van der Waals surface area contributed by atoms with Gasteiger partial charge in [-0.05, 0) is 43.3 Å². The molecular formula is C25H25N3O6S. The molecule has 0 fully saturated rings. The molecule has 1 aliphatic heterocycles. The number of benzene rings is 3. The van der Waals surface area contributed by atoms with Crippen LogP contribution in [0.1, 0.15) is 11.1 Å². The number of nitrogens with one attached hydrogen (secondary N) is 1. The number of hydrogen-bond donors (Lipinski definition) is 1. The van der Waals surface area contributed by atoms with E-state index in [1.54, 1.807) is 54.6 Å². The predicted octanol–water partition coefficient (Wildman–Crippen LogP) is 3.12. The second kappa shape index (κ2) is 10.5. The van der Waals surface area contributed by atoms with Crippen LogP contribution in [0.25, 0.3) is 0 Å². The summed E-state index contributed by atoms with van der Waals surface area (Å²) >= 11 is 0. The first-order valence-electron chi connectivity index (χ1n) is 10.8. The summed E-state index contributed by atoms with van der Waals surface area (Å²) in [5.41, 5.74) is 4.22. The van der Waals surface area contributed by atoms with Crippen molar-refractivity contribution in [1.82, 2.24) is 5.43 Å². The number of nitrogens with zero attached hydrogens (tertiary/aromatic N) is 2. The van der Waals surface area contributed by atoms with E-state index in [2.05, 4.69) is 10.5 Å². The molecule has 0 unspecified atom stereocenters. The highest BCUT2D eigenvalue weighted by molar-refractivity contribution is 7.92. The van der Waals surface area contributed by atoms with E-state index >= 15 is 0 Å². The number of amides is 1. The van der Waals surface area contributed by atoms with Crippen LogP contribution in [-0.2, 0) is 14.8 Å². The zero-order valence-electron chi connectivity index (χ0n) is 19.3. The third-order valence-corrected chi connectivity index (χ3v) is 7.02. The molecule has 1 heterocycles. The molecule has 4 rings (SSSR count). The normalized spacial score (nSPS) is 12.9. The Morgan fingerprint density at radius 3 is 2.60 bits per heavy atom. The predicted molar refractivity (Wildman–Crippen MR) is 132 cm³/mol. The van der Waals surface area contributed by atoms with Crippen LogP contribution in [0.4, 0.5) is 5.69 Å². The second-order valence-corrected chi connectivity index (χ2v) is 9.55. The Labute approximate surface area is 204 Å². The van der Waals surface area contributed by atoms with Crippen LogP contribution in [0.3, 0.4) is 0 Å². The Hall–Kier alpha value is -4.05. The molecule has 1 aliphatic rings. The van der Waals surface area contributed by atoms with Gasteiger partial charge in [0.1, 0.15) is 25.5 Å². The third-order valence-electron chi connectivity index (χ3n) is 5.23. The lowest BCUT2D eigenvalue weighted by Crippen LogP contribution is -2.39. The highest BCUT2D eigenvalue weighted by Crippen LogP contribution is 2.32. The van der Waals surface area contributed by atoms with Gasteiger partial charge in [0, 0.05) is 11.6 Å². The van der Waals surface area contributed by atoms with E-state index in [1.807, 2.05) is 6.92 Å². The minimum atomic E-state index is -4.05. The van der Waals surface area contributed by atoms with Gasteiger partial charge in [0.25, 0.3) is 15.9 Å². The van der Waals surface area contributed by atoms with Gasteiger partial charge < -0.3 is 14.2 Å². The SMILES string of the molecule is COc1cccc(N(CC(=O)N/N=C\c2cccc3c2OCCO3)S(=O)(=O)c2ccc(C)cc2)c1. The number of sulfonamides is 1. The maximum atomic E-state index is 13.5. The summed E-state index contributed by atoms with van der Waals surface area (Å²) in [5.74, 6) is 0.972. The van der Waals surface area contributed by atoms with Gasteiger partial charge in [-0.25, -0.2) is 13.8 Å². The first-order valence-corrected chi connectivity index (χ1v) is 12.3. The van der Waals surface area contributed by atoms with Crippen molar-refractivity contribution >= 4 is 27.8 Å². The van der Waals surface area contributed by atoms with E-state index in [0.717, 1.165) is 9.87 Å². The molecule has 0 atom stereocenters. The molecule has 3 aromatic rings. The highest BCUT2D eigenvalue weighted by Gasteiger charge is 2.27. The molecule has 1 N–H and O–H groups in total. The summed E-state index contributed by atoms with van der Waals surface area (Å²) in [4.78, 5) is 12.8. The molecule has 0 saturated heterocycles. The number of hydrazone groups is 1. The standard InChI is InChI=1S/C25H25N3O6S/c1-18-9-11-22(12-10-18)35(30,31)28(20-6-4-7-21(15-20)32-2)17-24(29)27-26-16-19-5-3-8-23-25(19)34-14-13-33-23/h3-12,15-16H,13-14,17H2,1-2H3,(H,27,29)/b26-16-. The summed E-state index contributed by atoms with van der Waals surface area (Å²) in [6.07, 6.45) is 1.43. The van der Waals surface area contributed by atoms with Crippen molar-refractivity contribution in [3.05, 3.63) is 77.9 Å². The van der Waals surface area contributed by atoms with E-state index in [0.29, 0.717) is 36.0 Å². The number of para-hydroxylation sites is 1. The lowest BCUT2D eigenvalue weighted by molar-refractivity contribution is -0.119. The molecule has 0 aliphatic carbocycles. The summed E-state index contributed by atoms with van der Waals surface area (Å²) in [6, 6.07) is 18.3. The first kappa shape index (κ1) is 24.1. The van der Waals surface area contributed by atoms with E-state index in [4.69, 9.17) is 14.2 Å². The highest BCUT2D eigenvalue weighted by atomic mass is 32.2. The number of carbonyl (C=O) groups excluding carboxylic acids is 1. The number of ether oxygens (including phenoxy) is 3. The third kappa shape index (κ3) is 5.55. The quantitative estimate of drug-likeness (QED) is 0.380. The number of fused-ring (bicyclic) bond motifs is 1. The molecule has 0 saturated carbocycles. The van der Waals surface area contributed by atoms with Crippen molar-refractivity contribution in [3.63, 3.8) is 0 Å².